The molecule has 0 fully saturated rings. The van der Waals surface area contributed by atoms with Crippen LogP contribution >= 0.6 is 0 Å². The number of amides is 2. The van der Waals surface area contributed by atoms with Crippen LogP contribution in [0.15, 0.2) is 0 Å². The van der Waals surface area contributed by atoms with Crippen LogP contribution in [-0.4, -0.2) is 34.9 Å². The fourth-order valence-electron chi connectivity index (χ4n) is 0.545. The molecule has 0 aliphatic carbocycles. The van der Waals surface area contributed by atoms with E-state index in [2.05, 4.69) is 11.2 Å². The zero-order valence-electron chi connectivity index (χ0n) is 6.28. The number of aliphatic carboxylic acids is 1. The van der Waals surface area contributed by atoms with Gasteiger partial charge in [-0.1, -0.05) is 0 Å². The molecular weight excluding hydrogens is 166 g/mol. The quantitative estimate of drug-likeness (QED) is 0.310. The van der Waals surface area contributed by atoms with Crippen molar-refractivity contribution in [3.05, 3.63) is 0 Å². The zero-order chi connectivity index (χ0) is 9.56. The molecule has 2 amide bonds. The van der Waals surface area contributed by atoms with E-state index in [4.69, 9.17) is 10.2 Å². The Morgan fingerprint density at radius 2 is 2.08 bits per heavy atom. The Hall–Kier alpha value is -1.34. The molecule has 0 aliphatic heterocycles. The molecule has 6 N–H and O–H groups in total. The maximum Gasteiger partial charge on any atom is 0.326 e. The number of nitrogens with one attached hydrogen (secondary N) is 2. The largest absolute Gasteiger partial charge is 0.480 e. The van der Waals surface area contributed by atoms with Crippen molar-refractivity contribution >= 4 is 12.0 Å². The predicted octanol–water partition coefficient (Wildman–Crippen LogP) is -2.01. The lowest BCUT2D eigenvalue weighted by atomic mass is 10.2. The fourth-order valence-corrected chi connectivity index (χ4v) is 0.545. The Bertz CT molecular complexity index is 172. The summed E-state index contributed by atoms with van der Waals surface area (Å²) >= 11 is 0. The van der Waals surface area contributed by atoms with Gasteiger partial charge >= 0.3 is 12.0 Å². The van der Waals surface area contributed by atoms with E-state index in [0.29, 0.717) is 0 Å². The van der Waals surface area contributed by atoms with Gasteiger partial charge in [0, 0.05) is 6.61 Å². The first-order valence-electron chi connectivity index (χ1n) is 3.22. The Morgan fingerprint density at radius 3 is 2.42 bits per heavy atom. The van der Waals surface area contributed by atoms with Gasteiger partial charge in [-0.2, -0.15) is 0 Å². The molecule has 1 atom stereocenters. The second-order valence-electron chi connectivity index (χ2n) is 2.04. The van der Waals surface area contributed by atoms with Gasteiger partial charge in [0.15, 0.2) is 0 Å². The Morgan fingerprint density at radius 1 is 1.50 bits per heavy atom. The van der Waals surface area contributed by atoms with Gasteiger partial charge in [-0.15, -0.1) is 0 Å². The maximum absolute atomic E-state index is 10.3. The first kappa shape index (κ1) is 10.7. The average molecular weight is 177 g/mol. The van der Waals surface area contributed by atoms with Crippen LogP contribution in [0, 0.1) is 0 Å². The van der Waals surface area contributed by atoms with Gasteiger partial charge in [0.1, 0.15) is 6.04 Å². The highest BCUT2D eigenvalue weighted by Gasteiger charge is 2.15. The van der Waals surface area contributed by atoms with Crippen molar-refractivity contribution in [3.63, 3.8) is 0 Å². The summed E-state index contributed by atoms with van der Waals surface area (Å²) in [6.07, 6.45) is -0.00435. The molecule has 12 heavy (non-hydrogen) atoms. The van der Waals surface area contributed by atoms with Crippen LogP contribution in [0.3, 0.4) is 0 Å². The molecule has 0 aromatic carbocycles. The number of primary amides is 1. The van der Waals surface area contributed by atoms with E-state index in [0.717, 1.165) is 0 Å². The summed E-state index contributed by atoms with van der Waals surface area (Å²) < 4.78 is 0. The van der Waals surface area contributed by atoms with E-state index >= 15 is 0 Å². The summed E-state index contributed by atoms with van der Waals surface area (Å²) in [5.41, 5.74) is 8.71. The number of carboxylic acid groups (broad SMARTS) is 1. The third kappa shape index (κ3) is 4.47. The first-order chi connectivity index (χ1) is 5.57. The smallest absolute Gasteiger partial charge is 0.326 e. The number of carbonyl (C=O) groups excluding carboxylic acids is 1. The van der Waals surface area contributed by atoms with Crippen molar-refractivity contribution in [3.8, 4) is 0 Å². The van der Waals surface area contributed by atoms with Gasteiger partial charge in [0.25, 0.3) is 0 Å². The number of aliphatic hydroxyl groups excluding tert-OH is 1. The van der Waals surface area contributed by atoms with E-state index in [1.54, 1.807) is 0 Å². The van der Waals surface area contributed by atoms with Crippen LogP contribution in [0.2, 0.25) is 0 Å². The number of hydrazine groups is 1. The molecule has 0 aromatic rings. The van der Waals surface area contributed by atoms with Crippen molar-refractivity contribution in [2.45, 2.75) is 12.5 Å². The van der Waals surface area contributed by atoms with Crippen molar-refractivity contribution in [1.82, 2.24) is 10.9 Å². The second kappa shape index (κ2) is 5.33. The predicted molar refractivity (Wildman–Crippen MR) is 39.0 cm³/mol. The first-order valence-corrected chi connectivity index (χ1v) is 3.22. The third-order valence-corrected chi connectivity index (χ3v) is 1.09. The van der Waals surface area contributed by atoms with Gasteiger partial charge in [0.2, 0.25) is 0 Å². The molecule has 0 radical (unpaired) electrons. The lowest BCUT2D eigenvalue weighted by molar-refractivity contribution is -0.140. The van der Waals surface area contributed by atoms with Gasteiger partial charge in [-0.3, -0.25) is 10.2 Å². The molecule has 0 heterocycles. The molecule has 0 aliphatic rings. The number of rotatable bonds is 5. The molecular formula is C5H11N3O4. The van der Waals surface area contributed by atoms with Crippen LogP contribution in [-0.2, 0) is 4.79 Å². The van der Waals surface area contributed by atoms with Gasteiger partial charge in [-0.25, -0.2) is 10.2 Å². The number of aliphatic hydroxyl groups is 1. The number of hydrogen-bond donors (Lipinski definition) is 5. The highest BCUT2D eigenvalue weighted by molar-refractivity contribution is 5.75. The van der Waals surface area contributed by atoms with E-state index in [-0.39, 0.29) is 13.0 Å². The molecule has 0 bridgehead atoms. The molecule has 7 nitrogen and oxygen atoms in total. The summed E-state index contributed by atoms with van der Waals surface area (Å²) in [5, 5.41) is 16.9. The Balaban J connectivity index is 3.79. The maximum atomic E-state index is 10.3. The van der Waals surface area contributed by atoms with Gasteiger partial charge in [0.05, 0.1) is 0 Å². The lowest BCUT2D eigenvalue weighted by Gasteiger charge is -2.12. The van der Waals surface area contributed by atoms with Gasteiger partial charge in [-0.05, 0) is 6.42 Å². The molecule has 0 saturated heterocycles. The summed E-state index contributed by atoms with van der Waals surface area (Å²) in [6.45, 7) is -0.287. The summed E-state index contributed by atoms with van der Waals surface area (Å²) in [5.74, 6) is -1.17. The zero-order valence-corrected chi connectivity index (χ0v) is 6.28. The average Bonchev–Trinajstić information content (AvgIpc) is 1.96. The minimum Gasteiger partial charge on any atom is -0.480 e. The van der Waals surface area contributed by atoms with Crippen LogP contribution in [0.1, 0.15) is 6.42 Å². The number of carboxylic acids is 1. The Labute approximate surface area is 68.5 Å². The van der Waals surface area contributed by atoms with Gasteiger partial charge < -0.3 is 15.9 Å². The Kier molecular flexibility index (Phi) is 4.73. The number of hydrogen-bond acceptors (Lipinski definition) is 4. The highest BCUT2D eigenvalue weighted by Crippen LogP contribution is 1.88. The van der Waals surface area contributed by atoms with E-state index < -0.39 is 18.0 Å². The molecule has 0 spiro atoms. The highest BCUT2D eigenvalue weighted by atomic mass is 16.4. The van der Waals surface area contributed by atoms with Crippen molar-refractivity contribution in [1.29, 1.82) is 0 Å². The molecule has 0 unspecified atom stereocenters. The van der Waals surface area contributed by atoms with Crippen molar-refractivity contribution < 1.29 is 19.8 Å². The fraction of sp³-hybridized carbons (Fsp3) is 0.600. The number of nitrogens with two attached hydrogens (primary N) is 1. The van der Waals surface area contributed by atoms with E-state index in [1.807, 2.05) is 5.43 Å². The lowest BCUT2D eigenvalue weighted by Crippen LogP contribution is -2.50. The van der Waals surface area contributed by atoms with Crippen LogP contribution in [0.5, 0.6) is 0 Å². The SMILES string of the molecule is NC(=O)NN[C@@H](CCO)C(=O)O. The molecule has 0 aromatic heterocycles. The molecule has 7 heteroatoms. The third-order valence-electron chi connectivity index (χ3n) is 1.09. The minimum atomic E-state index is -1.17. The molecule has 0 saturated carbocycles. The van der Waals surface area contributed by atoms with Crippen molar-refractivity contribution in [2.24, 2.45) is 5.73 Å². The van der Waals surface area contributed by atoms with E-state index in [9.17, 15) is 9.59 Å². The summed E-state index contributed by atoms with van der Waals surface area (Å²) in [7, 11) is 0. The monoisotopic (exact) mass is 177 g/mol. The number of urea groups is 1. The second-order valence-corrected chi connectivity index (χ2v) is 2.04. The number of carbonyl (C=O) groups is 2. The normalized spacial score (nSPS) is 12.1. The summed E-state index contributed by atoms with van der Waals surface area (Å²) in [6, 6.07) is -1.90. The summed E-state index contributed by atoms with van der Waals surface area (Å²) in [4.78, 5) is 20.5. The van der Waals surface area contributed by atoms with E-state index in [1.165, 1.54) is 0 Å². The standard InChI is InChI=1S/C5H11N3O4/c6-5(12)8-7-3(1-2-9)4(10)11/h3,7,9H,1-2H2,(H,10,11)(H3,6,8,12)/t3-/m0/s1. The van der Waals surface area contributed by atoms with Crippen molar-refractivity contribution in [2.75, 3.05) is 6.61 Å². The molecule has 70 valence electrons. The minimum absolute atomic E-state index is 0.00435. The van der Waals surface area contributed by atoms with Crippen LogP contribution < -0.4 is 16.6 Å². The molecule has 0 rings (SSSR count). The topological polar surface area (TPSA) is 125 Å². The van der Waals surface area contributed by atoms with Crippen LogP contribution in [0.4, 0.5) is 4.79 Å². The van der Waals surface area contributed by atoms with Crippen LogP contribution in [0.25, 0.3) is 0 Å².